The number of rotatable bonds is 2. The number of thiophene rings is 1. The zero-order valence-corrected chi connectivity index (χ0v) is 10.7. The van der Waals surface area contributed by atoms with Gasteiger partial charge in [-0.25, -0.2) is 4.98 Å². The lowest BCUT2D eigenvalue weighted by atomic mass is 10.1. The first-order valence-corrected chi connectivity index (χ1v) is 6.93. The molecule has 1 aliphatic rings. The van der Waals surface area contributed by atoms with Crippen LogP contribution in [0.1, 0.15) is 23.3 Å². The molecule has 1 atom stereocenters. The topological polar surface area (TPSA) is 51.2 Å². The van der Waals surface area contributed by atoms with E-state index in [1.165, 1.54) is 0 Å². The van der Waals surface area contributed by atoms with Gasteiger partial charge >= 0.3 is 0 Å². The van der Waals surface area contributed by atoms with Crippen LogP contribution in [0.15, 0.2) is 23.7 Å². The van der Waals surface area contributed by atoms with E-state index in [-0.39, 0.29) is 11.9 Å². The first kappa shape index (κ1) is 11.6. The monoisotopic (exact) mass is 262 g/mol. The fourth-order valence-corrected chi connectivity index (χ4v) is 3.04. The standard InChI is InChI=1S/C13H14N2O2S/c16-13(15-10-2-1-6-17-8-10)11-12-9(3-5-14-11)4-7-18-12/h3-5,7,10H,1-2,6,8H2,(H,15,16)/t10-/m1/s1. The molecule has 3 heterocycles. The molecule has 3 rings (SSSR count). The minimum Gasteiger partial charge on any atom is -0.379 e. The number of amides is 1. The third-order valence-electron chi connectivity index (χ3n) is 3.08. The van der Waals surface area contributed by atoms with Crippen LogP contribution in [0.5, 0.6) is 0 Å². The van der Waals surface area contributed by atoms with Gasteiger partial charge in [-0.3, -0.25) is 4.79 Å². The average Bonchev–Trinajstić information content (AvgIpc) is 2.87. The summed E-state index contributed by atoms with van der Waals surface area (Å²) in [5.74, 6) is -0.0986. The molecule has 2 aromatic heterocycles. The van der Waals surface area contributed by atoms with Gasteiger partial charge in [0.15, 0.2) is 0 Å². The molecule has 18 heavy (non-hydrogen) atoms. The van der Waals surface area contributed by atoms with Gasteiger partial charge in [-0.15, -0.1) is 11.3 Å². The molecule has 1 saturated heterocycles. The van der Waals surface area contributed by atoms with Crippen molar-refractivity contribution < 1.29 is 9.53 Å². The minimum atomic E-state index is -0.0986. The van der Waals surface area contributed by atoms with E-state index in [2.05, 4.69) is 10.3 Å². The fourth-order valence-electron chi connectivity index (χ4n) is 2.16. The van der Waals surface area contributed by atoms with Crippen molar-refractivity contribution in [1.29, 1.82) is 0 Å². The molecule has 0 radical (unpaired) electrons. The predicted octanol–water partition coefficient (Wildman–Crippen LogP) is 2.21. The first-order valence-electron chi connectivity index (χ1n) is 6.05. The van der Waals surface area contributed by atoms with E-state index in [4.69, 9.17) is 4.74 Å². The van der Waals surface area contributed by atoms with E-state index in [0.29, 0.717) is 12.3 Å². The third kappa shape index (κ3) is 2.23. The Kier molecular flexibility index (Phi) is 3.25. The van der Waals surface area contributed by atoms with E-state index < -0.39 is 0 Å². The van der Waals surface area contributed by atoms with Crippen LogP contribution >= 0.6 is 11.3 Å². The molecule has 1 amide bonds. The normalized spacial score (nSPS) is 19.9. The quantitative estimate of drug-likeness (QED) is 0.902. The van der Waals surface area contributed by atoms with Crippen molar-refractivity contribution in [3.05, 3.63) is 29.4 Å². The van der Waals surface area contributed by atoms with Crippen molar-refractivity contribution in [2.75, 3.05) is 13.2 Å². The number of hydrogen-bond acceptors (Lipinski definition) is 4. The summed E-state index contributed by atoms with van der Waals surface area (Å²) in [5.41, 5.74) is 0.521. The number of hydrogen-bond donors (Lipinski definition) is 1. The summed E-state index contributed by atoms with van der Waals surface area (Å²) in [6, 6.07) is 4.04. The van der Waals surface area contributed by atoms with Gasteiger partial charge in [0, 0.05) is 12.8 Å². The first-order chi connectivity index (χ1) is 8.84. The predicted molar refractivity (Wildman–Crippen MR) is 70.9 cm³/mol. The van der Waals surface area contributed by atoms with Gasteiger partial charge in [0.2, 0.25) is 0 Å². The van der Waals surface area contributed by atoms with Gasteiger partial charge in [0.1, 0.15) is 5.69 Å². The summed E-state index contributed by atoms with van der Waals surface area (Å²) < 4.78 is 6.31. The number of nitrogens with zero attached hydrogens (tertiary/aromatic N) is 1. The Morgan fingerprint density at radius 2 is 2.44 bits per heavy atom. The van der Waals surface area contributed by atoms with Crippen molar-refractivity contribution in [1.82, 2.24) is 10.3 Å². The second kappa shape index (κ2) is 5.04. The van der Waals surface area contributed by atoms with Gasteiger partial charge < -0.3 is 10.1 Å². The molecule has 0 aliphatic carbocycles. The number of pyridine rings is 1. The Bertz CT molecular complexity index is 561. The van der Waals surface area contributed by atoms with Crippen LogP contribution < -0.4 is 5.32 Å². The Morgan fingerprint density at radius 1 is 1.50 bits per heavy atom. The maximum absolute atomic E-state index is 12.2. The maximum atomic E-state index is 12.2. The highest BCUT2D eigenvalue weighted by molar-refractivity contribution is 7.17. The zero-order chi connectivity index (χ0) is 12.4. The number of carbonyl (C=O) groups is 1. The van der Waals surface area contributed by atoms with Crippen LogP contribution in [0.4, 0.5) is 0 Å². The number of ether oxygens (including phenoxy) is 1. The van der Waals surface area contributed by atoms with Crippen LogP contribution in [-0.4, -0.2) is 30.1 Å². The average molecular weight is 262 g/mol. The minimum absolute atomic E-state index is 0.0986. The summed E-state index contributed by atoms with van der Waals surface area (Å²) in [4.78, 5) is 16.4. The Morgan fingerprint density at radius 3 is 3.28 bits per heavy atom. The lowest BCUT2D eigenvalue weighted by molar-refractivity contribution is 0.0623. The van der Waals surface area contributed by atoms with E-state index in [1.807, 2.05) is 17.5 Å². The molecule has 0 unspecified atom stereocenters. The Hall–Kier alpha value is -1.46. The summed E-state index contributed by atoms with van der Waals surface area (Å²) in [7, 11) is 0. The summed E-state index contributed by atoms with van der Waals surface area (Å²) in [5, 5.41) is 6.05. The lowest BCUT2D eigenvalue weighted by Crippen LogP contribution is -2.40. The van der Waals surface area contributed by atoms with E-state index in [9.17, 15) is 4.79 Å². The van der Waals surface area contributed by atoms with Gasteiger partial charge in [-0.1, -0.05) is 0 Å². The summed E-state index contributed by atoms with van der Waals surface area (Å²) in [6.45, 7) is 1.40. The highest BCUT2D eigenvalue weighted by Gasteiger charge is 2.19. The zero-order valence-electron chi connectivity index (χ0n) is 9.89. The highest BCUT2D eigenvalue weighted by atomic mass is 32.1. The van der Waals surface area contributed by atoms with Crippen molar-refractivity contribution in [3.8, 4) is 0 Å². The van der Waals surface area contributed by atoms with Crippen LogP contribution in [0.25, 0.3) is 10.1 Å². The molecular weight excluding hydrogens is 248 g/mol. The van der Waals surface area contributed by atoms with Crippen LogP contribution in [-0.2, 0) is 4.74 Å². The molecule has 94 valence electrons. The molecule has 5 heteroatoms. The van der Waals surface area contributed by atoms with Gasteiger partial charge in [-0.05, 0) is 35.7 Å². The molecule has 1 fully saturated rings. The van der Waals surface area contributed by atoms with Gasteiger partial charge in [0.05, 0.1) is 17.3 Å². The van der Waals surface area contributed by atoms with E-state index >= 15 is 0 Å². The molecule has 1 N–H and O–H groups in total. The van der Waals surface area contributed by atoms with Crippen LogP contribution in [0.2, 0.25) is 0 Å². The second-order valence-electron chi connectivity index (χ2n) is 4.39. The van der Waals surface area contributed by atoms with Gasteiger partial charge in [0.25, 0.3) is 5.91 Å². The smallest absolute Gasteiger partial charge is 0.271 e. The molecule has 1 aliphatic heterocycles. The molecule has 0 aromatic carbocycles. The van der Waals surface area contributed by atoms with Crippen LogP contribution in [0.3, 0.4) is 0 Å². The van der Waals surface area contributed by atoms with Crippen molar-refractivity contribution in [2.45, 2.75) is 18.9 Å². The maximum Gasteiger partial charge on any atom is 0.271 e. The Balaban J connectivity index is 1.81. The largest absolute Gasteiger partial charge is 0.379 e. The number of fused-ring (bicyclic) bond motifs is 1. The van der Waals surface area contributed by atoms with Gasteiger partial charge in [-0.2, -0.15) is 0 Å². The summed E-state index contributed by atoms with van der Waals surface area (Å²) >= 11 is 1.55. The van der Waals surface area contributed by atoms with E-state index in [0.717, 1.165) is 29.5 Å². The number of aromatic nitrogens is 1. The van der Waals surface area contributed by atoms with Crippen LogP contribution in [0, 0.1) is 0 Å². The number of nitrogens with one attached hydrogen (secondary N) is 1. The third-order valence-corrected chi connectivity index (χ3v) is 4.02. The molecule has 0 bridgehead atoms. The molecule has 4 nitrogen and oxygen atoms in total. The number of carbonyl (C=O) groups excluding carboxylic acids is 1. The Labute approximate surface area is 109 Å². The highest BCUT2D eigenvalue weighted by Crippen LogP contribution is 2.23. The van der Waals surface area contributed by atoms with Crippen molar-refractivity contribution in [2.24, 2.45) is 0 Å². The molecule has 0 saturated carbocycles. The lowest BCUT2D eigenvalue weighted by Gasteiger charge is -2.22. The molecule has 0 spiro atoms. The van der Waals surface area contributed by atoms with Crippen molar-refractivity contribution in [3.63, 3.8) is 0 Å². The summed E-state index contributed by atoms with van der Waals surface area (Å²) in [6.07, 6.45) is 3.66. The molecular formula is C13H14N2O2S. The molecule has 2 aromatic rings. The SMILES string of the molecule is O=C(N[C@@H]1CCCOC1)c1nccc2ccsc12. The fraction of sp³-hybridized carbons (Fsp3) is 0.385. The second-order valence-corrected chi connectivity index (χ2v) is 5.30. The van der Waals surface area contributed by atoms with E-state index in [1.54, 1.807) is 17.5 Å². The van der Waals surface area contributed by atoms with Crippen molar-refractivity contribution >= 4 is 27.3 Å².